The van der Waals surface area contributed by atoms with Crippen LogP contribution in [0.25, 0.3) is 11.3 Å². The van der Waals surface area contributed by atoms with Crippen LogP contribution >= 0.6 is 11.8 Å². The van der Waals surface area contributed by atoms with Gasteiger partial charge < -0.3 is 4.42 Å². The first-order chi connectivity index (χ1) is 8.26. The van der Waals surface area contributed by atoms with E-state index in [-0.39, 0.29) is 5.56 Å². The van der Waals surface area contributed by atoms with Crippen molar-refractivity contribution >= 4 is 11.8 Å². The summed E-state index contributed by atoms with van der Waals surface area (Å²) >= 11 is 1.36. The van der Waals surface area contributed by atoms with Gasteiger partial charge in [-0.25, -0.2) is 4.79 Å². The molecule has 2 aromatic rings. The third-order valence-electron chi connectivity index (χ3n) is 2.31. The molecule has 0 aliphatic heterocycles. The van der Waals surface area contributed by atoms with Crippen LogP contribution in [0.15, 0.2) is 50.5 Å². The van der Waals surface area contributed by atoms with Crippen LogP contribution in [-0.4, -0.2) is 6.26 Å². The number of hydrogen-bond donors (Lipinski definition) is 0. The lowest BCUT2D eigenvalue weighted by Gasteiger charge is -2.03. The molecule has 4 heteroatoms. The summed E-state index contributed by atoms with van der Waals surface area (Å²) in [6.45, 7) is 0. The van der Waals surface area contributed by atoms with E-state index in [1.165, 1.54) is 11.8 Å². The summed E-state index contributed by atoms with van der Waals surface area (Å²) in [6.07, 6.45) is 1.82. The highest BCUT2D eigenvalue weighted by Gasteiger charge is 2.11. The van der Waals surface area contributed by atoms with Crippen LogP contribution in [0.5, 0.6) is 0 Å². The summed E-state index contributed by atoms with van der Waals surface area (Å²) in [5.41, 5.74) is 0.305. The van der Waals surface area contributed by atoms with Crippen molar-refractivity contribution in [2.24, 2.45) is 0 Å². The van der Waals surface area contributed by atoms with Gasteiger partial charge in [-0.3, -0.25) is 0 Å². The quantitative estimate of drug-likeness (QED) is 0.761. The molecule has 3 nitrogen and oxygen atoms in total. The second-order valence-corrected chi connectivity index (χ2v) is 4.17. The first kappa shape index (κ1) is 11.5. The first-order valence-electron chi connectivity index (χ1n) is 4.94. The van der Waals surface area contributed by atoms with Crippen LogP contribution in [0.3, 0.4) is 0 Å². The number of hydrogen-bond acceptors (Lipinski definition) is 4. The van der Waals surface area contributed by atoms with E-state index in [1.807, 2.05) is 42.7 Å². The van der Waals surface area contributed by atoms with Crippen LogP contribution < -0.4 is 5.63 Å². The Morgan fingerprint density at radius 1 is 1.29 bits per heavy atom. The summed E-state index contributed by atoms with van der Waals surface area (Å²) in [5, 5.41) is 8.87. The number of thioether (sulfide) groups is 1. The molecule has 0 unspecified atom stereocenters. The SMILES string of the molecule is CSc1cc(-c2ccccc2)oc(=O)c1C#N. The van der Waals surface area contributed by atoms with Crippen LogP contribution in [0.2, 0.25) is 0 Å². The van der Waals surface area contributed by atoms with E-state index >= 15 is 0 Å². The zero-order chi connectivity index (χ0) is 12.3. The minimum absolute atomic E-state index is 0.0668. The molecule has 0 aliphatic carbocycles. The summed E-state index contributed by atoms with van der Waals surface area (Å²) < 4.78 is 5.14. The minimum atomic E-state index is -0.585. The van der Waals surface area contributed by atoms with E-state index in [0.717, 1.165) is 5.56 Å². The number of nitrogens with zero attached hydrogens (tertiary/aromatic N) is 1. The molecule has 0 radical (unpaired) electrons. The zero-order valence-corrected chi connectivity index (χ0v) is 9.95. The van der Waals surface area contributed by atoms with Gasteiger partial charge in [0.05, 0.1) is 0 Å². The van der Waals surface area contributed by atoms with Gasteiger partial charge >= 0.3 is 5.63 Å². The average molecular weight is 243 g/mol. The molecule has 0 saturated heterocycles. The molecule has 0 aliphatic rings. The Balaban J connectivity index is 2.64. The van der Waals surface area contributed by atoms with E-state index in [1.54, 1.807) is 6.07 Å². The summed E-state index contributed by atoms with van der Waals surface area (Å²) in [7, 11) is 0. The smallest absolute Gasteiger partial charge is 0.355 e. The highest BCUT2D eigenvalue weighted by atomic mass is 32.2. The number of benzene rings is 1. The molecule has 0 amide bonds. The van der Waals surface area contributed by atoms with Gasteiger partial charge in [0, 0.05) is 10.5 Å². The summed E-state index contributed by atoms with van der Waals surface area (Å²) in [5.74, 6) is 0.485. The van der Waals surface area contributed by atoms with Gasteiger partial charge in [-0.15, -0.1) is 11.8 Å². The lowest BCUT2D eigenvalue weighted by Crippen LogP contribution is -2.06. The highest BCUT2D eigenvalue weighted by molar-refractivity contribution is 7.98. The van der Waals surface area contributed by atoms with Crippen molar-refractivity contribution in [1.82, 2.24) is 0 Å². The Bertz CT molecular complexity index is 626. The highest BCUT2D eigenvalue weighted by Crippen LogP contribution is 2.24. The van der Waals surface area contributed by atoms with Crippen LogP contribution in [-0.2, 0) is 0 Å². The summed E-state index contributed by atoms with van der Waals surface area (Å²) in [4.78, 5) is 12.3. The normalized spacial score (nSPS) is 9.88. The van der Waals surface area contributed by atoms with Crippen LogP contribution in [0.1, 0.15) is 5.56 Å². The first-order valence-corrected chi connectivity index (χ1v) is 6.16. The Morgan fingerprint density at radius 2 is 2.00 bits per heavy atom. The summed E-state index contributed by atoms with van der Waals surface area (Å²) in [6, 6.07) is 12.9. The minimum Gasteiger partial charge on any atom is -0.422 e. The Labute approximate surface area is 103 Å². The predicted molar refractivity (Wildman–Crippen MR) is 66.9 cm³/mol. The van der Waals surface area contributed by atoms with E-state index in [9.17, 15) is 4.79 Å². The van der Waals surface area contributed by atoms with E-state index < -0.39 is 5.63 Å². The third kappa shape index (κ3) is 2.24. The molecule has 17 heavy (non-hydrogen) atoms. The maximum atomic E-state index is 11.6. The lowest BCUT2D eigenvalue weighted by atomic mass is 10.1. The van der Waals surface area contributed by atoms with Gasteiger partial charge in [-0.05, 0) is 12.3 Å². The van der Waals surface area contributed by atoms with Crippen molar-refractivity contribution in [3.63, 3.8) is 0 Å². The van der Waals surface area contributed by atoms with Crippen molar-refractivity contribution in [3.8, 4) is 17.4 Å². The van der Waals surface area contributed by atoms with Gasteiger partial charge in [0.25, 0.3) is 0 Å². The largest absolute Gasteiger partial charge is 0.422 e. The predicted octanol–water partition coefficient (Wildman–Crippen LogP) is 2.90. The second kappa shape index (κ2) is 4.89. The fourth-order valence-corrected chi connectivity index (χ4v) is 2.04. The molecule has 0 fully saturated rings. The molecule has 0 spiro atoms. The third-order valence-corrected chi connectivity index (χ3v) is 3.07. The topological polar surface area (TPSA) is 54.0 Å². The standard InChI is InChI=1S/C13H9NO2S/c1-17-12-7-11(9-5-3-2-4-6-9)16-13(15)10(12)8-14/h2-7H,1H3. The van der Waals surface area contributed by atoms with E-state index in [4.69, 9.17) is 9.68 Å². The molecule has 84 valence electrons. The second-order valence-electron chi connectivity index (χ2n) is 3.32. The molecule has 1 heterocycles. The fourth-order valence-electron chi connectivity index (χ4n) is 1.48. The van der Waals surface area contributed by atoms with E-state index in [2.05, 4.69) is 0 Å². The van der Waals surface area contributed by atoms with Gasteiger partial charge in [0.1, 0.15) is 11.8 Å². The van der Waals surface area contributed by atoms with Crippen molar-refractivity contribution < 1.29 is 4.42 Å². The Morgan fingerprint density at radius 3 is 2.59 bits per heavy atom. The monoisotopic (exact) mass is 243 g/mol. The molecule has 0 atom stereocenters. The fraction of sp³-hybridized carbons (Fsp3) is 0.0769. The zero-order valence-electron chi connectivity index (χ0n) is 9.14. The van der Waals surface area contributed by atoms with Gasteiger partial charge in [0.2, 0.25) is 0 Å². The van der Waals surface area contributed by atoms with Crippen LogP contribution in [0, 0.1) is 11.3 Å². The Hall–Kier alpha value is -1.99. The van der Waals surface area contributed by atoms with Gasteiger partial charge in [0.15, 0.2) is 5.56 Å². The van der Waals surface area contributed by atoms with Gasteiger partial charge in [-0.1, -0.05) is 30.3 Å². The molecule has 0 bridgehead atoms. The molecular formula is C13H9NO2S. The van der Waals surface area contributed by atoms with Crippen LogP contribution in [0.4, 0.5) is 0 Å². The van der Waals surface area contributed by atoms with Crippen molar-refractivity contribution in [3.05, 3.63) is 52.4 Å². The molecule has 2 rings (SSSR count). The van der Waals surface area contributed by atoms with Crippen molar-refractivity contribution in [2.45, 2.75) is 4.90 Å². The number of rotatable bonds is 2. The van der Waals surface area contributed by atoms with Crippen molar-refractivity contribution in [2.75, 3.05) is 6.26 Å². The molecule has 0 saturated carbocycles. The molecule has 1 aromatic carbocycles. The van der Waals surface area contributed by atoms with E-state index in [0.29, 0.717) is 10.7 Å². The van der Waals surface area contributed by atoms with Crippen molar-refractivity contribution in [1.29, 1.82) is 5.26 Å². The molecular weight excluding hydrogens is 234 g/mol. The maximum absolute atomic E-state index is 11.6. The molecule has 1 aromatic heterocycles. The number of nitriles is 1. The average Bonchev–Trinajstić information content (AvgIpc) is 2.38. The Kier molecular flexibility index (Phi) is 3.31. The lowest BCUT2D eigenvalue weighted by molar-refractivity contribution is 0.518. The van der Waals surface area contributed by atoms with Gasteiger partial charge in [-0.2, -0.15) is 5.26 Å². The molecule has 0 N–H and O–H groups in total. The maximum Gasteiger partial charge on any atom is 0.355 e.